The predicted molar refractivity (Wildman–Crippen MR) is 74.3 cm³/mol. The maximum atomic E-state index is 5.68. The van der Waals surface area contributed by atoms with Crippen molar-refractivity contribution in [2.24, 2.45) is 0 Å². The van der Waals surface area contributed by atoms with Crippen molar-refractivity contribution in [3.8, 4) is 0 Å². The molecule has 0 saturated heterocycles. The fraction of sp³-hybridized carbons (Fsp3) is 0.250. The lowest BCUT2D eigenvalue weighted by Crippen LogP contribution is -1.93. The summed E-state index contributed by atoms with van der Waals surface area (Å²) >= 11 is 10.7. The van der Waals surface area contributed by atoms with Crippen LogP contribution in [0.15, 0.2) is 34.1 Å². The van der Waals surface area contributed by atoms with E-state index in [9.17, 15) is 0 Å². The van der Waals surface area contributed by atoms with Crippen LogP contribution in [0.2, 0.25) is 0 Å². The Morgan fingerprint density at radius 3 is 2.65 bits per heavy atom. The molecule has 0 radical (unpaired) electrons. The molecule has 0 unspecified atom stereocenters. The Morgan fingerprint density at radius 1 is 1.24 bits per heavy atom. The molecule has 0 atom stereocenters. The Kier molecular flexibility index (Phi) is 4.98. The van der Waals surface area contributed by atoms with Crippen LogP contribution < -0.4 is 0 Å². The lowest BCUT2D eigenvalue weighted by molar-refractivity contribution is 0.107. The molecule has 5 heteroatoms. The van der Waals surface area contributed by atoms with E-state index in [2.05, 4.69) is 20.9 Å². The SMILES string of the molecule is ClCc1csc(COCc2ccc(Br)cc2)n1. The Hall–Kier alpha value is -0.420. The van der Waals surface area contributed by atoms with E-state index in [1.54, 1.807) is 11.3 Å². The van der Waals surface area contributed by atoms with Crippen LogP contribution in [0.4, 0.5) is 0 Å². The molecule has 0 amide bonds. The number of rotatable bonds is 5. The number of hydrogen-bond donors (Lipinski definition) is 0. The van der Waals surface area contributed by atoms with Gasteiger partial charge in [0.1, 0.15) is 5.01 Å². The van der Waals surface area contributed by atoms with Gasteiger partial charge in [-0.05, 0) is 17.7 Å². The van der Waals surface area contributed by atoms with Gasteiger partial charge in [0, 0.05) is 9.85 Å². The Labute approximate surface area is 118 Å². The zero-order valence-electron chi connectivity index (χ0n) is 9.03. The quantitative estimate of drug-likeness (QED) is 0.759. The van der Waals surface area contributed by atoms with Crippen molar-refractivity contribution in [3.05, 3.63) is 50.4 Å². The molecule has 90 valence electrons. The molecule has 0 bridgehead atoms. The average molecular weight is 333 g/mol. The summed E-state index contributed by atoms with van der Waals surface area (Å²) < 4.78 is 6.67. The van der Waals surface area contributed by atoms with Gasteiger partial charge in [0.15, 0.2) is 0 Å². The van der Waals surface area contributed by atoms with E-state index in [1.165, 1.54) is 0 Å². The third kappa shape index (κ3) is 4.07. The van der Waals surface area contributed by atoms with Crippen LogP contribution in [-0.4, -0.2) is 4.98 Å². The van der Waals surface area contributed by atoms with Gasteiger partial charge >= 0.3 is 0 Å². The standard InChI is InChI=1S/C12H11BrClNOS/c13-10-3-1-9(2-4-10)6-16-7-12-15-11(5-14)8-17-12/h1-4,8H,5-7H2. The first kappa shape index (κ1) is 13.0. The second kappa shape index (κ2) is 6.50. The summed E-state index contributed by atoms with van der Waals surface area (Å²) in [6.45, 7) is 1.14. The minimum Gasteiger partial charge on any atom is -0.370 e. The van der Waals surface area contributed by atoms with E-state index in [0.29, 0.717) is 19.1 Å². The second-order valence-electron chi connectivity index (χ2n) is 3.49. The van der Waals surface area contributed by atoms with Crippen LogP contribution in [0.5, 0.6) is 0 Å². The molecule has 2 aromatic rings. The van der Waals surface area contributed by atoms with Gasteiger partial charge < -0.3 is 4.74 Å². The van der Waals surface area contributed by atoms with Gasteiger partial charge in [0.2, 0.25) is 0 Å². The lowest BCUT2D eigenvalue weighted by Gasteiger charge is -2.02. The highest BCUT2D eigenvalue weighted by molar-refractivity contribution is 9.10. The molecule has 0 fully saturated rings. The topological polar surface area (TPSA) is 22.1 Å². The maximum absolute atomic E-state index is 5.68. The van der Waals surface area contributed by atoms with Crippen LogP contribution in [0.3, 0.4) is 0 Å². The summed E-state index contributed by atoms with van der Waals surface area (Å²) in [5.74, 6) is 0.462. The first-order chi connectivity index (χ1) is 8.28. The Bertz CT molecular complexity index is 472. The molecule has 17 heavy (non-hydrogen) atoms. The third-order valence-corrected chi connectivity index (χ3v) is 3.82. The van der Waals surface area contributed by atoms with Crippen LogP contribution in [0.25, 0.3) is 0 Å². The third-order valence-electron chi connectivity index (χ3n) is 2.14. The van der Waals surface area contributed by atoms with E-state index in [1.807, 2.05) is 29.6 Å². The highest BCUT2D eigenvalue weighted by atomic mass is 79.9. The molecular weight excluding hydrogens is 322 g/mol. The van der Waals surface area contributed by atoms with Crippen LogP contribution >= 0.6 is 38.9 Å². The Morgan fingerprint density at radius 2 is 2.00 bits per heavy atom. The second-order valence-corrected chi connectivity index (χ2v) is 5.61. The number of benzene rings is 1. The molecule has 2 nitrogen and oxygen atoms in total. The molecule has 1 heterocycles. The predicted octanol–water partition coefficient (Wildman–Crippen LogP) is 4.36. The van der Waals surface area contributed by atoms with Gasteiger partial charge in [-0.3, -0.25) is 0 Å². The van der Waals surface area contributed by atoms with Crippen LogP contribution in [0.1, 0.15) is 16.3 Å². The molecule has 0 aliphatic carbocycles. The van der Waals surface area contributed by atoms with Crippen molar-refractivity contribution in [1.29, 1.82) is 0 Å². The molecule has 0 aliphatic heterocycles. The minimum atomic E-state index is 0.462. The number of nitrogens with zero attached hydrogens (tertiary/aromatic N) is 1. The van der Waals surface area contributed by atoms with Gasteiger partial charge in [-0.15, -0.1) is 22.9 Å². The highest BCUT2D eigenvalue weighted by Crippen LogP contribution is 2.14. The zero-order valence-corrected chi connectivity index (χ0v) is 12.2. The normalized spacial score (nSPS) is 10.7. The van der Waals surface area contributed by atoms with Crippen molar-refractivity contribution >= 4 is 38.9 Å². The highest BCUT2D eigenvalue weighted by Gasteiger charge is 2.01. The first-order valence-corrected chi connectivity index (χ1v) is 7.30. The van der Waals surface area contributed by atoms with Gasteiger partial charge in [0.25, 0.3) is 0 Å². The van der Waals surface area contributed by atoms with Gasteiger partial charge in [0.05, 0.1) is 24.8 Å². The molecule has 1 aromatic heterocycles. The van der Waals surface area contributed by atoms with Gasteiger partial charge in [-0.25, -0.2) is 4.98 Å². The summed E-state index contributed by atoms with van der Waals surface area (Å²) in [5, 5.41) is 2.93. The van der Waals surface area contributed by atoms with Crippen molar-refractivity contribution in [1.82, 2.24) is 4.98 Å². The largest absolute Gasteiger partial charge is 0.370 e. The first-order valence-electron chi connectivity index (χ1n) is 5.09. The number of thiazole rings is 1. The fourth-order valence-electron chi connectivity index (χ4n) is 1.31. The maximum Gasteiger partial charge on any atom is 0.119 e. The summed E-state index contributed by atoms with van der Waals surface area (Å²) in [6, 6.07) is 8.09. The van der Waals surface area contributed by atoms with Gasteiger partial charge in [-0.2, -0.15) is 0 Å². The zero-order chi connectivity index (χ0) is 12.1. The van der Waals surface area contributed by atoms with Crippen molar-refractivity contribution in [2.75, 3.05) is 0 Å². The van der Waals surface area contributed by atoms with E-state index >= 15 is 0 Å². The van der Waals surface area contributed by atoms with E-state index < -0.39 is 0 Å². The molecule has 1 aromatic carbocycles. The lowest BCUT2D eigenvalue weighted by atomic mass is 10.2. The summed E-state index contributed by atoms with van der Waals surface area (Å²) in [6.07, 6.45) is 0. The number of hydrogen-bond acceptors (Lipinski definition) is 3. The number of halogens is 2. The molecule has 0 aliphatic rings. The molecule has 0 saturated carbocycles. The molecule has 0 spiro atoms. The van der Waals surface area contributed by atoms with E-state index in [4.69, 9.17) is 16.3 Å². The minimum absolute atomic E-state index is 0.462. The van der Waals surface area contributed by atoms with E-state index in [0.717, 1.165) is 20.7 Å². The van der Waals surface area contributed by atoms with Crippen molar-refractivity contribution in [2.45, 2.75) is 19.1 Å². The number of alkyl halides is 1. The van der Waals surface area contributed by atoms with Gasteiger partial charge in [-0.1, -0.05) is 28.1 Å². The summed E-state index contributed by atoms with van der Waals surface area (Å²) in [7, 11) is 0. The summed E-state index contributed by atoms with van der Waals surface area (Å²) in [5.41, 5.74) is 2.07. The van der Waals surface area contributed by atoms with Crippen LogP contribution in [-0.2, 0) is 23.8 Å². The molecule has 2 rings (SSSR count). The van der Waals surface area contributed by atoms with Crippen molar-refractivity contribution in [3.63, 3.8) is 0 Å². The molecule has 0 N–H and O–H groups in total. The summed E-state index contributed by atoms with van der Waals surface area (Å²) in [4.78, 5) is 4.33. The Balaban J connectivity index is 1.81. The fourth-order valence-corrected chi connectivity index (χ4v) is 2.54. The smallest absolute Gasteiger partial charge is 0.119 e. The average Bonchev–Trinajstić information content (AvgIpc) is 2.80. The van der Waals surface area contributed by atoms with Crippen molar-refractivity contribution < 1.29 is 4.74 Å². The number of ether oxygens (including phenoxy) is 1. The van der Waals surface area contributed by atoms with E-state index in [-0.39, 0.29) is 0 Å². The monoisotopic (exact) mass is 331 g/mol. The number of aromatic nitrogens is 1. The molecular formula is C12H11BrClNOS. The van der Waals surface area contributed by atoms with Crippen LogP contribution in [0, 0.1) is 0 Å².